The molecule has 2 aromatic heterocycles. The number of rotatable bonds is 2. The molecule has 1 aliphatic heterocycles. The molecule has 23 heavy (non-hydrogen) atoms. The van der Waals surface area contributed by atoms with Gasteiger partial charge in [0.05, 0.1) is 24.9 Å². The largest absolute Gasteiger partial charge is 0.367 e. The molecule has 1 atom stereocenters. The molecule has 3 aromatic rings. The molecule has 0 aliphatic carbocycles. The summed E-state index contributed by atoms with van der Waals surface area (Å²) in [6.07, 6.45) is 5.53. The van der Waals surface area contributed by atoms with Crippen molar-refractivity contribution in [2.45, 2.75) is 12.5 Å². The Morgan fingerprint density at radius 3 is 2.91 bits per heavy atom. The second-order valence-electron chi connectivity index (χ2n) is 6.12. The maximum atomic E-state index is 6.09. The Bertz CT molecular complexity index is 840. The molecule has 1 aliphatic rings. The van der Waals surface area contributed by atoms with Crippen LogP contribution in [0, 0.1) is 0 Å². The highest BCUT2D eigenvalue weighted by Gasteiger charge is 2.35. The Morgan fingerprint density at radius 2 is 2.09 bits per heavy atom. The van der Waals surface area contributed by atoms with Gasteiger partial charge in [0.25, 0.3) is 0 Å². The zero-order valence-corrected chi connectivity index (χ0v) is 13.3. The number of morpholine rings is 1. The highest BCUT2D eigenvalue weighted by Crippen LogP contribution is 2.32. The van der Waals surface area contributed by atoms with Crippen LogP contribution < -0.4 is 4.90 Å². The molecule has 0 saturated carbocycles. The van der Waals surface area contributed by atoms with E-state index < -0.39 is 5.60 Å². The van der Waals surface area contributed by atoms with Gasteiger partial charge in [0.15, 0.2) is 0 Å². The lowest BCUT2D eigenvalue weighted by Crippen LogP contribution is -2.48. The minimum atomic E-state index is -0.390. The quantitative estimate of drug-likeness (QED) is 0.726. The van der Waals surface area contributed by atoms with Gasteiger partial charge in [-0.1, -0.05) is 12.1 Å². The van der Waals surface area contributed by atoms with E-state index in [1.807, 2.05) is 42.3 Å². The normalized spacial score (nSPS) is 21.7. The van der Waals surface area contributed by atoms with E-state index in [2.05, 4.69) is 33.0 Å². The lowest BCUT2D eigenvalue weighted by atomic mass is 9.97. The smallest absolute Gasteiger partial charge is 0.140 e. The highest BCUT2D eigenvalue weighted by atomic mass is 16.5. The zero-order valence-electron chi connectivity index (χ0n) is 13.3. The predicted molar refractivity (Wildman–Crippen MR) is 88.3 cm³/mol. The molecule has 1 unspecified atom stereocenters. The van der Waals surface area contributed by atoms with Gasteiger partial charge in [0.1, 0.15) is 17.7 Å². The number of aromatic nitrogens is 4. The number of hydrogen-bond acceptors (Lipinski definition) is 5. The number of benzene rings is 1. The summed E-state index contributed by atoms with van der Waals surface area (Å²) >= 11 is 0. The van der Waals surface area contributed by atoms with Gasteiger partial charge in [-0.05, 0) is 19.1 Å². The second-order valence-corrected chi connectivity index (χ2v) is 6.12. The fraction of sp³-hybridized carbons (Fsp3) is 0.353. The molecule has 6 heteroatoms. The first-order chi connectivity index (χ1) is 11.2. The molecule has 1 saturated heterocycles. The molecule has 118 valence electrons. The molecular formula is C17H19N5O. The van der Waals surface area contributed by atoms with E-state index in [-0.39, 0.29) is 0 Å². The predicted octanol–water partition coefficient (Wildman–Crippen LogP) is 2.12. The van der Waals surface area contributed by atoms with Crippen LogP contribution in [0.25, 0.3) is 10.9 Å². The number of fused-ring (bicyclic) bond motifs is 1. The standard InChI is InChI=1S/C17H19N5O/c1-17(13-9-20-21(2)10-13)11-22(7-8-23-17)16-14-5-3-4-6-15(14)18-12-19-16/h3-6,9-10,12H,7-8,11H2,1-2H3. The molecule has 6 nitrogen and oxygen atoms in total. The molecule has 0 radical (unpaired) electrons. The molecule has 3 heterocycles. The third-order valence-electron chi connectivity index (χ3n) is 4.41. The summed E-state index contributed by atoms with van der Waals surface area (Å²) in [7, 11) is 1.92. The Hall–Kier alpha value is -2.47. The van der Waals surface area contributed by atoms with Crippen molar-refractivity contribution in [1.82, 2.24) is 19.7 Å². The Labute approximate surface area is 134 Å². The van der Waals surface area contributed by atoms with Crippen LogP contribution in [0.4, 0.5) is 5.82 Å². The van der Waals surface area contributed by atoms with Gasteiger partial charge in [-0.25, -0.2) is 9.97 Å². The maximum Gasteiger partial charge on any atom is 0.140 e. The summed E-state index contributed by atoms with van der Waals surface area (Å²) in [5.74, 6) is 0.967. The van der Waals surface area contributed by atoms with Crippen LogP contribution in [0.15, 0.2) is 43.0 Å². The van der Waals surface area contributed by atoms with Gasteiger partial charge in [-0.3, -0.25) is 4.68 Å². The SMILES string of the molecule is Cn1cc(C2(C)CN(c3ncnc4ccccc34)CCO2)cn1. The fourth-order valence-electron chi connectivity index (χ4n) is 3.16. The summed E-state index contributed by atoms with van der Waals surface area (Å²) in [4.78, 5) is 11.2. The molecule has 1 aromatic carbocycles. The summed E-state index contributed by atoms with van der Waals surface area (Å²) in [6, 6.07) is 8.11. The third kappa shape index (κ3) is 2.45. The Morgan fingerprint density at radius 1 is 1.22 bits per heavy atom. The number of hydrogen-bond donors (Lipinski definition) is 0. The first-order valence-corrected chi connectivity index (χ1v) is 7.73. The molecule has 4 rings (SSSR count). The molecule has 0 N–H and O–H groups in total. The van der Waals surface area contributed by atoms with E-state index >= 15 is 0 Å². The van der Waals surface area contributed by atoms with Crippen molar-refractivity contribution < 1.29 is 4.74 Å². The first-order valence-electron chi connectivity index (χ1n) is 7.73. The minimum absolute atomic E-state index is 0.390. The van der Waals surface area contributed by atoms with Crippen LogP contribution in [-0.4, -0.2) is 39.4 Å². The maximum absolute atomic E-state index is 6.09. The van der Waals surface area contributed by atoms with Crippen molar-refractivity contribution in [2.75, 3.05) is 24.6 Å². The van der Waals surface area contributed by atoms with Crippen LogP contribution in [0.1, 0.15) is 12.5 Å². The monoisotopic (exact) mass is 309 g/mol. The fourth-order valence-corrected chi connectivity index (χ4v) is 3.16. The van der Waals surface area contributed by atoms with Gasteiger partial charge < -0.3 is 9.64 Å². The minimum Gasteiger partial charge on any atom is -0.367 e. The average molecular weight is 309 g/mol. The van der Waals surface area contributed by atoms with Crippen LogP contribution in [0.5, 0.6) is 0 Å². The summed E-state index contributed by atoms with van der Waals surface area (Å²) < 4.78 is 7.90. The molecular weight excluding hydrogens is 290 g/mol. The van der Waals surface area contributed by atoms with E-state index in [9.17, 15) is 0 Å². The number of ether oxygens (including phenoxy) is 1. The van der Waals surface area contributed by atoms with E-state index in [0.29, 0.717) is 6.61 Å². The number of nitrogens with zero attached hydrogens (tertiary/aromatic N) is 5. The summed E-state index contributed by atoms with van der Waals surface area (Å²) in [5.41, 5.74) is 1.66. The van der Waals surface area contributed by atoms with Crippen molar-refractivity contribution in [3.05, 3.63) is 48.5 Å². The zero-order chi connectivity index (χ0) is 15.9. The van der Waals surface area contributed by atoms with Gasteiger partial charge in [-0.2, -0.15) is 5.10 Å². The number of aryl methyl sites for hydroxylation is 1. The van der Waals surface area contributed by atoms with Gasteiger partial charge in [0, 0.05) is 30.7 Å². The van der Waals surface area contributed by atoms with Gasteiger partial charge in [-0.15, -0.1) is 0 Å². The molecule has 1 fully saturated rings. The Kier molecular flexibility index (Phi) is 3.27. The van der Waals surface area contributed by atoms with Crippen molar-refractivity contribution in [2.24, 2.45) is 7.05 Å². The Balaban J connectivity index is 1.72. The van der Waals surface area contributed by atoms with Crippen molar-refractivity contribution >= 4 is 16.7 Å². The average Bonchev–Trinajstić information content (AvgIpc) is 3.02. The van der Waals surface area contributed by atoms with Crippen molar-refractivity contribution in [3.8, 4) is 0 Å². The van der Waals surface area contributed by atoms with E-state index in [1.165, 1.54) is 0 Å². The van der Waals surface area contributed by atoms with Crippen LogP contribution >= 0.6 is 0 Å². The van der Waals surface area contributed by atoms with E-state index in [4.69, 9.17) is 4.74 Å². The number of para-hydroxylation sites is 1. The van der Waals surface area contributed by atoms with Crippen LogP contribution in [0.3, 0.4) is 0 Å². The van der Waals surface area contributed by atoms with E-state index in [1.54, 1.807) is 6.33 Å². The molecule has 0 bridgehead atoms. The van der Waals surface area contributed by atoms with Gasteiger partial charge in [0.2, 0.25) is 0 Å². The molecule has 0 amide bonds. The second kappa shape index (κ2) is 5.31. The topological polar surface area (TPSA) is 56.1 Å². The first kappa shape index (κ1) is 14.1. The highest BCUT2D eigenvalue weighted by molar-refractivity contribution is 5.89. The van der Waals surface area contributed by atoms with Gasteiger partial charge >= 0.3 is 0 Å². The third-order valence-corrected chi connectivity index (χ3v) is 4.41. The van der Waals surface area contributed by atoms with Crippen LogP contribution in [0.2, 0.25) is 0 Å². The van der Waals surface area contributed by atoms with Crippen molar-refractivity contribution in [3.63, 3.8) is 0 Å². The van der Waals surface area contributed by atoms with Crippen molar-refractivity contribution in [1.29, 1.82) is 0 Å². The molecule has 0 spiro atoms. The van der Waals surface area contributed by atoms with E-state index in [0.717, 1.165) is 35.4 Å². The summed E-state index contributed by atoms with van der Waals surface area (Å²) in [6.45, 7) is 4.32. The number of anilines is 1. The lowest BCUT2D eigenvalue weighted by molar-refractivity contribution is -0.0467. The van der Waals surface area contributed by atoms with Crippen LogP contribution in [-0.2, 0) is 17.4 Å². The lowest BCUT2D eigenvalue weighted by Gasteiger charge is -2.40. The summed E-state index contributed by atoms with van der Waals surface area (Å²) in [5, 5.41) is 5.35.